The van der Waals surface area contributed by atoms with Gasteiger partial charge in [0.05, 0.1) is 17.8 Å². The number of carbonyl (C=O) groups is 2. The summed E-state index contributed by atoms with van der Waals surface area (Å²) < 4.78 is 24.4. The number of fused-ring (bicyclic) bond motifs is 1. The number of benzene rings is 1. The molecule has 7 nitrogen and oxygen atoms in total. The molecule has 0 spiro atoms. The van der Waals surface area contributed by atoms with Gasteiger partial charge >= 0.3 is 12.1 Å². The number of halogens is 1. The molecule has 0 saturated heterocycles. The second-order valence-corrected chi connectivity index (χ2v) is 6.52. The van der Waals surface area contributed by atoms with Gasteiger partial charge in [0.1, 0.15) is 22.8 Å². The molecular formula is C17H22FN3O4. The van der Waals surface area contributed by atoms with Crippen LogP contribution in [-0.4, -0.2) is 36.3 Å². The van der Waals surface area contributed by atoms with Gasteiger partial charge in [-0.25, -0.2) is 14.0 Å². The molecule has 1 heterocycles. The van der Waals surface area contributed by atoms with Crippen molar-refractivity contribution in [1.82, 2.24) is 4.98 Å². The minimum Gasteiger partial charge on any atom is -0.462 e. The largest absolute Gasteiger partial charge is 0.462 e. The number of hydrogen-bond acceptors (Lipinski definition) is 5. The smallest absolute Gasteiger partial charge is 0.414 e. The lowest BCUT2D eigenvalue weighted by atomic mass is 10.1. The van der Waals surface area contributed by atoms with E-state index in [0.717, 1.165) is 11.0 Å². The molecule has 2 rings (SSSR count). The van der Waals surface area contributed by atoms with E-state index in [4.69, 9.17) is 15.2 Å². The molecule has 0 aliphatic rings. The van der Waals surface area contributed by atoms with E-state index in [1.54, 1.807) is 27.7 Å². The summed E-state index contributed by atoms with van der Waals surface area (Å²) in [7, 11) is 1.45. The van der Waals surface area contributed by atoms with Crippen LogP contribution in [0.4, 0.5) is 20.7 Å². The summed E-state index contributed by atoms with van der Waals surface area (Å²) in [5, 5.41) is 0.237. The molecule has 0 saturated carbocycles. The Morgan fingerprint density at radius 3 is 2.52 bits per heavy atom. The monoisotopic (exact) mass is 351 g/mol. The van der Waals surface area contributed by atoms with Crippen LogP contribution in [0.1, 0.15) is 38.1 Å². The topological polar surface area (TPSA) is 97.6 Å². The summed E-state index contributed by atoms with van der Waals surface area (Å²) >= 11 is 0. The highest BCUT2D eigenvalue weighted by molar-refractivity contribution is 6.13. The third-order valence-electron chi connectivity index (χ3n) is 3.39. The third kappa shape index (κ3) is 3.84. The maximum atomic E-state index is 14.1. The number of esters is 1. The second-order valence-electron chi connectivity index (χ2n) is 6.52. The van der Waals surface area contributed by atoms with E-state index in [-0.39, 0.29) is 29.1 Å². The van der Waals surface area contributed by atoms with Gasteiger partial charge in [-0.3, -0.25) is 4.90 Å². The Morgan fingerprint density at radius 2 is 1.96 bits per heavy atom. The SMILES string of the molecule is CCOC(=O)c1c(N)[nH]c2c(N(C)C(=O)OC(C)(C)C)cc(F)cc12. The predicted molar refractivity (Wildman–Crippen MR) is 93.3 cm³/mol. The molecule has 0 atom stereocenters. The molecule has 1 amide bonds. The number of rotatable bonds is 3. The number of H-pyrrole nitrogens is 1. The number of nitrogen functional groups attached to an aromatic ring is 1. The van der Waals surface area contributed by atoms with Gasteiger partial charge in [0, 0.05) is 12.4 Å². The molecule has 1 aromatic heterocycles. The van der Waals surface area contributed by atoms with Crippen molar-refractivity contribution in [3.63, 3.8) is 0 Å². The van der Waals surface area contributed by atoms with Gasteiger partial charge in [-0.2, -0.15) is 0 Å². The number of aromatic amines is 1. The Kier molecular flexibility index (Phi) is 4.92. The zero-order valence-corrected chi connectivity index (χ0v) is 14.9. The minimum atomic E-state index is -0.706. The fourth-order valence-electron chi connectivity index (χ4n) is 2.38. The van der Waals surface area contributed by atoms with Crippen LogP contribution in [-0.2, 0) is 9.47 Å². The Hall–Kier alpha value is -2.77. The zero-order valence-electron chi connectivity index (χ0n) is 14.9. The van der Waals surface area contributed by atoms with Crippen LogP contribution in [0.25, 0.3) is 10.9 Å². The van der Waals surface area contributed by atoms with Gasteiger partial charge < -0.3 is 20.2 Å². The van der Waals surface area contributed by atoms with Gasteiger partial charge in [-0.1, -0.05) is 0 Å². The summed E-state index contributed by atoms with van der Waals surface area (Å²) in [5.41, 5.74) is 5.74. The summed E-state index contributed by atoms with van der Waals surface area (Å²) in [5.74, 6) is -1.25. The fourth-order valence-corrected chi connectivity index (χ4v) is 2.38. The number of hydrogen-bond donors (Lipinski definition) is 2. The van der Waals surface area contributed by atoms with Gasteiger partial charge in [-0.15, -0.1) is 0 Å². The Labute approximate surface area is 144 Å². The van der Waals surface area contributed by atoms with E-state index in [9.17, 15) is 14.0 Å². The summed E-state index contributed by atoms with van der Waals surface area (Å²) in [4.78, 5) is 28.4. The molecule has 0 bridgehead atoms. The van der Waals surface area contributed by atoms with Gasteiger partial charge in [0.2, 0.25) is 0 Å². The molecule has 136 valence electrons. The molecule has 3 N–H and O–H groups in total. The quantitative estimate of drug-likeness (QED) is 0.826. The van der Waals surface area contributed by atoms with E-state index >= 15 is 0 Å². The first-order valence-electron chi connectivity index (χ1n) is 7.79. The maximum Gasteiger partial charge on any atom is 0.414 e. The van der Waals surface area contributed by atoms with Crippen LogP contribution in [0.15, 0.2) is 12.1 Å². The van der Waals surface area contributed by atoms with Crippen molar-refractivity contribution < 1.29 is 23.5 Å². The number of anilines is 2. The number of nitrogens with zero attached hydrogens (tertiary/aromatic N) is 1. The van der Waals surface area contributed by atoms with Crippen molar-refractivity contribution in [1.29, 1.82) is 0 Å². The molecule has 1 aromatic carbocycles. The first-order chi connectivity index (χ1) is 11.5. The van der Waals surface area contributed by atoms with E-state index < -0.39 is 23.5 Å². The number of nitrogens with one attached hydrogen (secondary N) is 1. The van der Waals surface area contributed by atoms with Gasteiger partial charge in [-0.05, 0) is 39.8 Å². The fraction of sp³-hybridized carbons (Fsp3) is 0.412. The van der Waals surface area contributed by atoms with Crippen LogP contribution >= 0.6 is 0 Å². The van der Waals surface area contributed by atoms with Crippen LogP contribution in [0.3, 0.4) is 0 Å². The normalized spacial score (nSPS) is 11.4. The Morgan fingerprint density at radius 1 is 1.32 bits per heavy atom. The molecule has 2 aromatic rings. The first-order valence-corrected chi connectivity index (χ1v) is 7.79. The standard InChI is InChI=1S/C17H22FN3O4/c1-6-24-15(22)12-10-7-9(18)8-11(13(10)20-14(12)19)21(5)16(23)25-17(2,3)4/h7-8,20H,6,19H2,1-5H3. The highest BCUT2D eigenvalue weighted by Gasteiger charge is 2.26. The van der Waals surface area contributed by atoms with Crippen molar-refractivity contribution >= 4 is 34.5 Å². The Balaban J connectivity index is 2.57. The third-order valence-corrected chi connectivity index (χ3v) is 3.39. The summed E-state index contributed by atoms with van der Waals surface area (Å²) in [6.07, 6.45) is -0.662. The average Bonchev–Trinajstić information content (AvgIpc) is 2.80. The summed E-state index contributed by atoms with van der Waals surface area (Å²) in [6, 6.07) is 2.33. The van der Waals surface area contributed by atoms with Crippen LogP contribution in [0.2, 0.25) is 0 Å². The first kappa shape index (κ1) is 18.6. The lowest BCUT2D eigenvalue weighted by Gasteiger charge is -2.25. The van der Waals surface area contributed by atoms with Crippen LogP contribution in [0, 0.1) is 5.82 Å². The van der Waals surface area contributed by atoms with E-state index in [1.807, 2.05) is 0 Å². The number of carbonyl (C=O) groups excluding carboxylic acids is 2. The Bertz CT molecular complexity index is 823. The van der Waals surface area contributed by atoms with Crippen molar-refractivity contribution in [3.05, 3.63) is 23.5 Å². The van der Waals surface area contributed by atoms with Gasteiger partial charge in [0.15, 0.2) is 0 Å². The summed E-state index contributed by atoms with van der Waals surface area (Å²) in [6.45, 7) is 7.00. The highest BCUT2D eigenvalue weighted by Crippen LogP contribution is 2.33. The molecule has 0 radical (unpaired) electrons. The lowest BCUT2D eigenvalue weighted by molar-refractivity contribution is 0.0528. The molecule has 0 aliphatic heterocycles. The minimum absolute atomic E-state index is 0.0372. The van der Waals surface area contributed by atoms with Crippen molar-refractivity contribution in [2.45, 2.75) is 33.3 Å². The zero-order chi connectivity index (χ0) is 18.9. The molecular weight excluding hydrogens is 329 g/mol. The van der Waals surface area contributed by atoms with Gasteiger partial charge in [0.25, 0.3) is 0 Å². The van der Waals surface area contributed by atoms with Crippen molar-refractivity contribution in [2.75, 3.05) is 24.3 Å². The molecule has 8 heteroatoms. The van der Waals surface area contributed by atoms with Crippen molar-refractivity contribution in [2.24, 2.45) is 0 Å². The molecule has 0 unspecified atom stereocenters. The van der Waals surface area contributed by atoms with Crippen molar-refractivity contribution in [3.8, 4) is 0 Å². The maximum absolute atomic E-state index is 14.1. The molecule has 0 fully saturated rings. The lowest BCUT2D eigenvalue weighted by Crippen LogP contribution is -2.34. The predicted octanol–water partition coefficient (Wildman–Crippen LogP) is 3.44. The highest BCUT2D eigenvalue weighted by atomic mass is 19.1. The number of ether oxygens (including phenoxy) is 2. The van der Waals surface area contributed by atoms with E-state index in [0.29, 0.717) is 5.52 Å². The molecule has 0 aliphatic carbocycles. The number of amides is 1. The van der Waals surface area contributed by atoms with Crippen LogP contribution in [0.5, 0.6) is 0 Å². The number of aromatic nitrogens is 1. The second kappa shape index (κ2) is 6.62. The van der Waals surface area contributed by atoms with Crippen LogP contribution < -0.4 is 10.6 Å². The van der Waals surface area contributed by atoms with E-state index in [1.165, 1.54) is 13.1 Å². The van der Waals surface area contributed by atoms with E-state index in [2.05, 4.69) is 4.98 Å². The molecule has 25 heavy (non-hydrogen) atoms. The number of nitrogens with two attached hydrogens (primary N) is 1. The average molecular weight is 351 g/mol.